The first-order valence-corrected chi connectivity index (χ1v) is 9.95. The monoisotopic (exact) mass is 435 g/mol. The highest BCUT2D eigenvalue weighted by atomic mass is 35.5. The van der Waals surface area contributed by atoms with Gasteiger partial charge in [-0.1, -0.05) is 29.3 Å². The highest BCUT2D eigenvalue weighted by Gasteiger charge is 2.37. The van der Waals surface area contributed by atoms with Gasteiger partial charge < -0.3 is 10.0 Å². The Kier molecular flexibility index (Phi) is 5.25. The lowest BCUT2D eigenvalue weighted by Gasteiger charge is -2.29. The maximum Gasteiger partial charge on any atom is 0.271 e. The minimum absolute atomic E-state index is 0.0405. The summed E-state index contributed by atoms with van der Waals surface area (Å²) in [5.41, 5.74) is 3.12. The summed E-state index contributed by atoms with van der Waals surface area (Å²) >= 11 is 12.4. The van der Waals surface area contributed by atoms with E-state index < -0.39 is 17.1 Å². The molecule has 152 valence electrons. The maximum atomic E-state index is 13.0. The number of hydrogen-bond acceptors (Lipinski definition) is 5. The third-order valence-electron chi connectivity index (χ3n) is 5.63. The summed E-state index contributed by atoms with van der Waals surface area (Å²) in [6.07, 6.45) is 0.349. The molecule has 4 rings (SSSR count). The number of aliphatic hydroxyl groups excluding tert-OH is 1. The zero-order valence-electron chi connectivity index (χ0n) is 15.6. The number of aliphatic hydroxyl groups is 1. The van der Waals surface area contributed by atoms with Gasteiger partial charge in [-0.15, -0.1) is 0 Å². The Hall–Kier alpha value is -2.19. The predicted molar refractivity (Wildman–Crippen MR) is 111 cm³/mol. The van der Waals surface area contributed by atoms with Crippen LogP contribution in [0.25, 0.3) is 0 Å². The van der Waals surface area contributed by atoms with E-state index in [4.69, 9.17) is 23.2 Å². The van der Waals surface area contributed by atoms with E-state index in [1.165, 1.54) is 12.1 Å². The number of carbonyl (C=O) groups is 1. The van der Waals surface area contributed by atoms with E-state index in [1.807, 2.05) is 0 Å². The van der Waals surface area contributed by atoms with Crippen molar-refractivity contribution < 1.29 is 14.8 Å². The van der Waals surface area contributed by atoms with Gasteiger partial charge in [-0.2, -0.15) is 0 Å². The van der Waals surface area contributed by atoms with Gasteiger partial charge in [-0.05, 0) is 42.3 Å². The van der Waals surface area contributed by atoms with Crippen LogP contribution in [-0.4, -0.2) is 47.1 Å². The number of rotatable bonds is 4. The molecule has 1 heterocycles. The molecule has 1 amide bonds. The molecule has 29 heavy (non-hydrogen) atoms. The predicted octanol–water partition coefficient (Wildman–Crippen LogP) is 3.38. The average molecular weight is 436 g/mol. The molecule has 2 aromatic carbocycles. The standard InChI is InChI=1S/C20H19Cl2N3O4/c1-23(20-15-6-12(21)7-16(22)14(15)9-18(20)26)10-19(27)24-5-4-11-2-3-13(25(28)29)8-17(11)24/h2-3,6-8,18,20,26H,4-5,9-10H2,1H3. The minimum Gasteiger partial charge on any atom is -0.391 e. The molecule has 1 N–H and O–H groups in total. The van der Waals surface area contributed by atoms with E-state index >= 15 is 0 Å². The first kappa shape index (κ1) is 20.1. The van der Waals surface area contributed by atoms with Crippen LogP contribution in [0.5, 0.6) is 0 Å². The third-order valence-corrected chi connectivity index (χ3v) is 6.18. The molecule has 1 aliphatic carbocycles. The van der Waals surface area contributed by atoms with E-state index in [1.54, 1.807) is 35.0 Å². The average Bonchev–Trinajstić information content (AvgIpc) is 3.21. The molecule has 2 aliphatic rings. The van der Waals surface area contributed by atoms with Crippen molar-refractivity contribution >= 4 is 40.5 Å². The van der Waals surface area contributed by atoms with Crippen molar-refractivity contribution in [3.63, 3.8) is 0 Å². The van der Waals surface area contributed by atoms with Crippen LogP contribution in [0.2, 0.25) is 10.0 Å². The first-order valence-electron chi connectivity index (χ1n) is 9.20. The fraction of sp³-hybridized carbons (Fsp3) is 0.350. The number of amides is 1. The van der Waals surface area contributed by atoms with Gasteiger partial charge in [-0.25, -0.2) is 0 Å². The van der Waals surface area contributed by atoms with Gasteiger partial charge in [0.1, 0.15) is 0 Å². The molecule has 0 aromatic heterocycles. The number of halogens is 2. The first-order chi connectivity index (χ1) is 13.8. The van der Waals surface area contributed by atoms with Gasteiger partial charge in [0, 0.05) is 35.1 Å². The van der Waals surface area contributed by atoms with Crippen LogP contribution in [0.3, 0.4) is 0 Å². The molecular weight excluding hydrogens is 417 g/mol. The smallest absolute Gasteiger partial charge is 0.271 e. The molecule has 0 spiro atoms. The maximum absolute atomic E-state index is 13.0. The zero-order chi connectivity index (χ0) is 20.9. The van der Waals surface area contributed by atoms with E-state index in [0.29, 0.717) is 35.1 Å². The quantitative estimate of drug-likeness (QED) is 0.587. The number of likely N-dealkylation sites (N-methyl/N-ethyl adjacent to an activating group) is 1. The SMILES string of the molecule is CN(CC(=O)N1CCc2ccc([N+](=O)[O-])cc21)C1c2cc(Cl)cc(Cl)c2CC1O. The lowest BCUT2D eigenvalue weighted by Crippen LogP contribution is -2.41. The fourth-order valence-electron chi connectivity index (χ4n) is 4.30. The van der Waals surface area contributed by atoms with Crippen molar-refractivity contribution in [1.29, 1.82) is 0 Å². The van der Waals surface area contributed by atoms with Gasteiger partial charge in [-0.3, -0.25) is 19.8 Å². The molecule has 9 heteroatoms. The number of anilines is 1. The van der Waals surface area contributed by atoms with Gasteiger partial charge in [0.15, 0.2) is 0 Å². The Labute approximate surface area is 177 Å². The molecule has 2 unspecified atom stereocenters. The second-order valence-electron chi connectivity index (χ2n) is 7.45. The zero-order valence-corrected chi connectivity index (χ0v) is 17.2. The second kappa shape index (κ2) is 7.57. The van der Waals surface area contributed by atoms with Crippen LogP contribution >= 0.6 is 23.2 Å². The van der Waals surface area contributed by atoms with Crippen LogP contribution < -0.4 is 4.90 Å². The van der Waals surface area contributed by atoms with Crippen molar-refractivity contribution in [2.24, 2.45) is 0 Å². The fourth-order valence-corrected chi connectivity index (χ4v) is 4.89. The van der Waals surface area contributed by atoms with Crippen LogP contribution in [0.15, 0.2) is 30.3 Å². The van der Waals surface area contributed by atoms with E-state index in [-0.39, 0.29) is 18.1 Å². The molecule has 2 aromatic rings. The number of hydrogen-bond donors (Lipinski definition) is 1. The Bertz CT molecular complexity index is 1010. The summed E-state index contributed by atoms with van der Waals surface area (Å²) < 4.78 is 0. The topological polar surface area (TPSA) is 86.9 Å². The summed E-state index contributed by atoms with van der Waals surface area (Å²) in [4.78, 5) is 27.0. The summed E-state index contributed by atoms with van der Waals surface area (Å²) in [5.74, 6) is -0.180. The Morgan fingerprint density at radius 3 is 2.83 bits per heavy atom. The van der Waals surface area contributed by atoms with Crippen molar-refractivity contribution in [3.05, 3.63) is 67.2 Å². The highest BCUT2D eigenvalue weighted by Crippen LogP contribution is 2.41. The van der Waals surface area contributed by atoms with Gasteiger partial charge in [0.25, 0.3) is 5.69 Å². The second-order valence-corrected chi connectivity index (χ2v) is 8.30. The summed E-state index contributed by atoms with van der Waals surface area (Å²) in [5, 5.41) is 22.7. The van der Waals surface area contributed by atoms with Crippen LogP contribution in [0.4, 0.5) is 11.4 Å². The van der Waals surface area contributed by atoms with Gasteiger partial charge in [0.2, 0.25) is 5.91 Å². The summed E-state index contributed by atoms with van der Waals surface area (Å²) in [6, 6.07) is 7.62. The number of nitro groups is 1. The minimum atomic E-state index is -0.703. The Morgan fingerprint density at radius 2 is 2.10 bits per heavy atom. The molecule has 7 nitrogen and oxygen atoms in total. The highest BCUT2D eigenvalue weighted by molar-refractivity contribution is 6.35. The molecule has 1 aliphatic heterocycles. The molecule has 2 atom stereocenters. The number of carbonyl (C=O) groups excluding carboxylic acids is 1. The number of nitro benzene ring substituents is 1. The van der Waals surface area contributed by atoms with E-state index in [0.717, 1.165) is 16.7 Å². The molecule has 0 radical (unpaired) electrons. The van der Waals surface area contributed by atoms with Crippen molar-refractivity contribution in [2.75, 3.05) is 25.0 Å². The largest absolute Gasteiger partial charge is 0.391 e. The third kappa shape index (κ3) is 3.59. The number of benzene rings is 2. The number of fused-ring (bicyclic) bond motifs is 2. The molecule has 0 fully saturated rings. The molecule has 0 bridgehead atoms. The van der Waals surface area contributed by atoms with Crippen molar-refractivity contribution in [2.45, 2.75) is 25.0 Å². The van der Waals surface area contributed by atoms with E-state index in [9.17, 15) is 20.0 Å². The molecular formula is C20H19Cl2N3O4. The van der Waals surface area contributed by atoms with Gasteiger partial charge in [0.05, 0.1) is 29.3 Å². The lowest BCUT2D eigenvalue weighted by atomic mass is 10.1. The van der Waals surface area contributed by atoms with Crippen LogP contribution in [-0.2, 0) is 17.6 Å². The normalized spacial score (nSPS) is 20.1. The van der Waals surface area contributed by atoms with Crippen LogP contribution in [0, 0.1) is 10.1 Å². The molecule has 0 saturated carbocycles. The van der Waals surface area contributed by atoms with Crippen molar-refractivity contribution in [3.8, 4) is 0 Å². The summed E-state index contributed by atoms with van der Waals surface area (Å²) in [7, 11) is 1.76. The Morgan fingerprint density at radius 1 is 1.34 bits per heavy atom. The van der Waals surface area contributed by atoms with Crippen molar-refractivity contribution in [1.82, 2.24) is 4.90 Å². The Balaban J connectivity index is 1.55. The molecule has 0 saturated heterocycles. The van der Waals surface area contributed by atoms with E-state index in [2.05, 4.69) is 0 Å². The van der Waals surface area contributed by atoms with Gasteiger partial charge >= 0.3 is 0 Å². The number of nitrogens with zero attached hydrogens (tertiary/aromatic N) is 3. The van der Waals surface area contributed by atoms with Crippen LogP contribution in [0.1, 0.15) is 22.7 Å². The number of non-ortho nitro benzene ring substituents is 1. The lowest BCUT2D eigenvalue weighted by molar-refractivity contribution is -0.384. The summed E-state index contributed by atoms with van der Waals surface area (Å²) in [6.45, 7) is 0.526.